The Morgan fingerprint density at radius 1 is 1.03 bits per heavy atom. The molecule has 4 heterocycles. The molecule has 322 valence electrons. The van der Waals surface area contributed by atoms with Crippen molar-refractivity contribution in [3.8, 4) is 11.5 Å². The number of nitrogens with zero attached hydrogens (tertiary/aromatic N) is 3. The van der Waals surface area contributed by atoms with Crippen molar-refractivity contribution >= 4 is 61.1 Å². The molecule has 1 amide bonds. The Labute approximate surface area is 364 Å². The van der Waals surface area contributed by atoms with Gasteiger partial charge in [0.05, 0.1) is 47.5 Å². The van der Waals surface area contributed by atoms with E-state index >= 15 is 0 Å². The van der Waals surface area contributed by atoms with Gasteiger partial charge in [0.2, 0.25) is 0 Å². The Morgan fingerprint density at radius 2 is 1.87 bits per heavy atom. The quantitative estimate of drug-likeness (QED) is 0.0761. The predicted molar refractivity (Wildman–Crippen MR) is 237 cm³/mol. The zero-order valence-corrected chi connectivity index (χ0v) is 35.6. The maximum absolute atomic E-state index is 13.9. The Morgan fingerprint density at radius 3 is 2.61 bits per heavy atom. The van der Waals surface area contributed by atoms with Crippen LogP contribution in [-0.4, -0.2) is 86.2 Å². The molecule has 16 heteroatoms. The highest BCUT2D eigenvalue weighted by atomic mass is 35.5. The van der Waals surface area contributed by atoms with Crippen LogP contribution in [0.25, 0.3) is 22.2 Å². The number of carbonyl (C=O) groups is 1. The average molecular weight is 879 g/mol. The smallest absolute Gasteiger partial charge is 0.293 e. The number of nitro benzene ring substituents is 1. The van der Waals surface area contributed by atoms with Gasteiger partial charge in [-0.1, -0.05) is 47.9 Å². The van der Waals surface area contributed by atoms with Gasteiger partial charge in [-0.05, 0) is 115 Å². The molecule has 9 rings (SSSR count). The summed E-state index contributed by atoms with van der Waals surface area (Å²) in [6.07, 6.45) is 13.3. The molecule has 0 radical (unpaired) electrons. The topological polar surface area (TPSA) is 178 Å². The van der Waals surface area contributed by atoms with Crippen LogP contribution in [0, 0.1) is 15.5 Å². The second-order valence-electron chi connectivity index (χ2n) is 16.6. The summed E-state index contributed by atoms with van der Waals surface area (Å²) in [7, 11) is -4.58. The molecule has 1 saturated carbocycles. The first-order valence-electron chi connectivity index (χ1n) is 20.9. The second-order valence-corrected chi connectivity index (χ2v) is 18.7. The highest BCUT2D eigenvalue weighted by Gasteiger charge is 2.41. The van der Waals surface area contributed by atoms with Crippen LogP contribution in [-0.2, 0) is 19.5 Å². The average Bonchev–Trinajstić information content (AvgIpc) is 3.74. The predicted octanol–water partition coefficient (Wildman–Crippen LogP) is 8.76. The van der Waals surface area contributed by atoms with E-state index in [0.717, 1.165) is 66.5 Å². The number of fused-ring (bicyclic) bond motifs is 1. The summed E-state index contributed by atoms with van der Waals surface area (Å²) in [6.45, 7) is 3.89. The maximum Gasteiger partial charge on any atom is 0.293 e. The first-order chi connectivity index (χ1) is 30.0. The molecular formula is C46H47ClN6O8S. The van der Waals surface area contributed by atoms with E-state index in [-0.39, 0.29) is 29.6 Å². The van der Waals surface area contributed by atoms with Crippen molar-refractivity contribution < 1.29 is 32.3 Å². The molecule has 2 fully saturated rings. The number of halogens is 1. The summed E-state index contributed by atoms with van der Waals surface area (Å²) in [6, 6.07) is 20.4. The van der Waals surface area contributed by atoms with Crippen molar-refractivity contribution in [1.82, 2.24) is 19.6 Å². The van der Waals surface area contributed by atoms with Gasteiger partial charge in [-0.2, -0.15) is 0 Å². The van der Waals surface area contributed by atoms with E-state index < -0.39 is 31.4 Å². The summed E-state index contributed by atoms with van der Waals surface area (Å²) in [5.41, 5.74) is 6.83. The molecule has 1 spiro atoms. The van der Waals surface area contributed by atoms with Crippen LogP contribution in [0.4, 0.5) is 11.4 Å². The van der Waals surface area contributed by atoms with Crippen molar-refractivity contribution in [3.05, 3.63) is 129 Å². The van der Waals surface area contributed by atoms with Gasteiger partial charge < -0.3 is 24.5 Å². The molecule has 62 heavy (non-hydrogen) atoms. The Balaban J connectivity index is 0.949. The number of hydrogen-bond donors (Lipinski definition) is 3. The van der Waals surface area contributed by atoms with Crippen molar-refractivity contribution in [2.75, 3.05) is 51.3 Å². The molecule has 3 N–H and O–H groups in total. The van der Waals surface area contributed by atoms with Crippen LogP contribution in [0.5, 0.6) is 11.5 Å². The molecule has 2 aliphatic carbocycles. The molecule has 5 aromatic rings. The normalized spacial score (nSPS) is 19.2. The van der Waals surface area contributed by atoms with E-state index in [1.807, 2.05) is 18.2 Å². The van der Waals surface area contributed by atoms with Crippen molar-refractivity contribution in [3.63, 3.8) is 0 Å². The zero-order chi connectivity index (χ0) is 42.8. The number of pyridine rings is 1. The number of H-pyrrole nitrogens is 1. The van der Waals surface area contributed by atoms with E-state index in [9.17, 15) is 23.3 Å². The Kier molecular flexibility index (Phi) is 11.9. The summed E-state index contributed by atoms with van der Waals surface area (Å²) in [4.78, 5) is 34.8. The third-order valence-corrected chi connectivity index (χ3v) is 14.1. The minimum atomic E-state index is -4.58. The third-order valence-electron chi connectivity index (χ3n) is 12.6. The Bertz CT molecular complexity index is 2690. The molecule has 3 aromatic carbocycles. The van der Waals surface area contributed by atoms with Crippen LogP contribution < -0.4 is 14.8 Å². The number of nitro groups is 1. The number of amides is 1. The molecule has 4 aliphatic rings. The summed E-state index contributed by atoms with van der Waals surface area (Å²) in [5.74, 6) is -0.495. The highest BCUT2D eigenvalue weighted by molar-refractivity contribution is 7.90. The van der Waals surface area contributed by atoms with E-state index in [1.54, 1.807) is 30.5 Å². The van der Waals surface area contributed by atoms with E-state index in [4.69, 9.17) is 25.8 Å². The first-order valence-corrected chi connectivity index (χ1v) is 22.8. The number of nitrogens with one attached hydrogen (secondary N) is 3. The summed E-state index contributed by atoms with van der Waals surface area (Å²) < 4.78 is 46.7. The summed E-state index contributed by atoms with van der Waals surface area (Å²) >= 11 is 6.27. The van der Waals surface area contributed by atoms with Gasteiger partial charge in [-0.25, -0.2) is 18.1 Å². The number of rotatable bonds is 13. The molecule has 2 aliphatic heterocycles. The first kappa shape index (κ1) is 41.8. The lowest BCUT2D eigenvalue weighted by Crippen LogP contribution is -2.36. The molecule has 0 bridgehead atoms. The van der Waals surface area contributed by atoms with Gasteiger partial charge >= 0.3 is 0 Å². The van der Waals surface area contributed by atoms with Crippen LogP contribution in [0.15, 0.2) is 102 Å². The number of anilines is 1. The van der Waals surface area contributed by atoms with Gasteiger partial charge in [0.15, 0.2) is 0 Å². The third kappa shape index (κ3) is 9.13. The van der Waals surface area contributed by atoms with E-state index in [1.165, 1.54) is 60.7 Å². The largest absolute Gasteiger partial charge is 0.455 e. The number of benzene rings is 3. The fraction of sp³-hybridized carbons (Fsp3) is 0.348. The van der Waals surface area contributed by atoms with Gasteiger partial charge in [-0.15, -0.1) is 0 Å². The number of sulfonamides is 1. The number of carbonyl (C=O) groups excluding carboxylic acids is 1. The number of aromatic amines is 1. The minimum Gasteiger partial charge on any atom is -0.455 e. The number of hydrogen-bond acceptors (Lipinski definition) is 11. The van der Waals surface area contributed by atoms with E-state index in [0.29, 0.717) is 36.6 Å². The fourth-order valence-electron chi connectivity index (χ4n) is 8.97. The van der Waals surface area contributed by atoms with E-state index in [2.05, 4.69) is 43.1 Å². The molecule has 14 nitrogen and oxygen atoms in total. The van der Waals surface area contributed by atoms with Crippen LogP contribution in [0.1, 0.15) is 66.4 Å². The number of ether oxygens (including phenoxy) is 3. The minimum absolute atomic E-state index is 0.0461. The monoisotopic (exact) mass is 878 g/mol. The highest BCUT2D eigenvalue weighted by Crippen LogP contribution is 2.55. The number of allylic oxidation sites excluding steroid dienone is 1. The van der Waals surface area contributed by atoms with Gasteiger partial charge in [0.25, 0.3) is 21.6 Å². The fourth-order valence-corrected chi connectivity index (χ4v) is 10.1. The standard InChI is InChI=1S/C46H47ClN6O8S/c47-35-5-2-31(3-6-35)40-25-46(14-1-15-46)16-10-34(40)28-52-18-12-30(13-19-52)32-4-8-39(43(23-32)61-36-22-33-11-17-48-44(33)50-26-36)45(54)51-62(57,58)38-7-9-41(42(24-38)53(55)56)49-27-37-29-59-20-21-60-37/h2-9,11-12,17,22-24,26,37,49H,1,10,13-16,18-21,25,27-29H2,(H,48,50)(H,51,54). The van der Waals surface area contributed by atoms with Crippen LogP contribution >= 0.6 is 11.6 Å². The lowest BCUT2D eigenvalue weighted by atomic mass is 9.59. The molecular weight excluding hydrogens is 832 g/mol. The SMILES string of the molecule is O=C(NS(=O)(=O)c1ccc(NCC2COCCO2)c([N+](=O)[O-])c1)c1ccc(C2=CCN(CC3=C(c4ccc(Cl)cc4)CC4(CCC4)CC3)CC2)cc1Oc1cnc2[nH]ccc2c1. The van der Waals surface area contributed by atoms with Crippen molar-refractivity contribution in [2.45, 2.75) is 55.9 Å². The van der Waals surface area contributed by atoms with Gasteiger partial charge in [-0.3, -0.25) is 19.8 Å². The van der Waals surface area contributed by atoms with Gasteiger partial charge in [0.1, 0.15) is 22.8 Å². The lowest BCUT2D eigenvalue weighted by Gasteiger charge is -2.47. The molecule has 1 unspecified atom stereocenters. The summed E-state index contributed by atoms with van der Waals surface area (Å²) in [5, 5.41) is 16.5. The Hall–Kier alpha value is -5.58. The lowest BCUT2D eigenvalue weighted by molar-refractivity contribution is -0.384. The van der Waals surface area contributed by atoms with Gasteiger partial charge in [0, 0.05) is 48.9 Å². The number of aromatic nitrogens is 2. The van der Waals surface area contributed by atoms with Crippen LogP contribution in [0.2, 0.25) is 5.02 Å². The van der Waals surface area contributed by atoms with Crippen molar-refractivity contribution in [1.29, 1.82) is 0 Å². The van der Waals surface area contributed by atoms with Crippen LogP contribution in [0.3, 0.4) is 0 Å². The maximum atomic E-state index is 13.9. The molecule has 1 atom stereocenters. The second kappa shape index (κ2) is 17.7. The molecule has 2 aromatic heterocycles. The van der Waals surface area contributed by atoms with Crippen molar-refractivity contribution in [2.24, 2.45) is 5.41 Å². The molecule has 1 saturated heterocycles. The zero-order valence-electron chi connectivity index (χ0n) is 34.0.